The number of hydrogen-bond donors (Lipinski definition) is 2. The first-order valence-electron chi connectivity index (χ1n) is 7.77. The first kappa shape index (κ1) is 15.9. The van der Waals surface area contributed by atoms with E-state index in [1.807, 2.05) is 6.92 Å². The Morgan fingerprint density at radius 3 is 2.87 bits per heavy atom. The number of anilines is 1. The van der Waals surface area contributed by atoms with Gasteiger partial charge in [0.25, 0.3) is 0 Å². The van der Waals surface area contributed by atoms with Crippen LogP contribution in [0.2, 0.25) is 0 Å². The molecule has 122 valence electrons. The van der Waals surface area contributed by atoms with Crippen molar-refractivity contribution in [3.8, 4) is 0 Å². The zero-order chi connectivity index (χ0) is 16.2. The standard InChI is InChI=1S/C16H21N5OS/c1-11(9-17-15(22)18-16-20-19-12(2)23-16)21-8-7-13-5-3-4-6-14(13)10-21/h3-6,11H,7-10H2,1-2H3,(H2,17,18,20,22)/t11-/m1/s1. The first-order valence-corrected chi connectivity index (χ1v) is 8.59. The van der Waals surface area contributed by atoms with E-state index in [9.17, 15) is 4.79 Å². The summed E-state index contributed by atoms with van der Waals surface area (Å²) in [5.74, 6) is 0. The van der Waals surface area contributed by atoms with Crippen LogP contribution in [-0.4, -0.2) is 40.3 Å². The van der Waals surface area contributed by atoms with Crippen molar-refractivity contribution in [3.63, 3.8) is 0 Å². The summed E-state index contributed by atoms with van der Waals surface area (Å²) in [6, 6.07) is 8.62. The lowest BCUT2D eigenvalue weighted by atomic mass is 9.99. The minimum Gasteiger partial charge on any atom is -0.336 e. The largest absolute Gasteiger partial charge is 0.336 e. The predicted molar refractivity (Wildman–Crippen MR) is 91.7 cm³/mol. The summed E-state index contributed by atoms with van der Waals surface area (Å²) in [7, 11) is 0. The number of carbonyl (C=O) groups excluding carboxylic acids is 1. The smallest absolute Gasteiger partial charge is 0.321 e. The normalized spacial score (nSPS) is 15.7. The second-order valence-electron chi connectivity index (χ2n) is 5.80. The van der Waals surface area contributed by atoms with E-state index in [1.54, 1.807) is 0 Å². The summed E-state index contributed by atoms with van der Waals surface area (Å²) >= 11 is 1.37. The van der Waals surface area contributed by atoms with E-state index in [1.165, 1.54) is 22.5 Å². The molecule has 1 aliphatic rings. The van der Waals surface area contributed by atoms with Crippen LogP contribution in [0.5, 0.6) is 0 Å². The van der Waals surface area contributed by atoms with E-state index in [4.69, 9.17) is 0 Å². The maximum Gasteiger partial charge on any atom is 0.321 e. The molecule has 1 aromatic heterocycles. The van der Waals surface area contributed by atoms with Crippen LogP contribution in [0.4, 0.5) is 9.93 Å². The second kappa shape index (κ2) is 7.06. The number of rotatable bonds is 4. The van der Waals surface area contributed by atoms with E-state index in [2.05, 4.69) is 56.9 Å². The molecular weight excluding hydrogens is 310 g/mol. The number of nitrogens with one attached hydrogen (secondary N) is 2. The van der Waals surface area contributed by atoms with E-state index in [-0.39, 0.29) is 12.1 Å². The third kappa shape index (κ3) is 4.05. The third-order valence-electron chi connectivity index (χ3n) is 4.09. The molecule has 2 heterocycles. The molecule has 7 heteroatoms. The minimum absolute atomic E-state index is 0.231. The van der Waals surface area contributed by atoms with Crippen LogP contribution in [-0.2, 0) is 13.0 Å². The molecule has 0 radical (unpaired) electrons. The highest BCUT2D eigenvalue weighted by Gasteiger charge is 2.20. The highest BCUT2D eigenvalue weighted by atomic mass is 32.1. The van der Waals surface area contributed by atoms with Crippen LogP contribution >= 0.6 is 11.3 Å². The van der Waals surface area contributed by atoms with Crippen molar-refractivity contribution in [2.24, 2.45) is 0 Å². The molecular formula is C16H21N5OS. The number of amides is 2. The topological polar surface area (TPSA) is 70.1 Å². The molecule has 0 saturated carbocycles. The number of aromatic nitrogens is 2. The molecule has 0 aliphatic carbocycles. The van der Waals surface area contributed by atoms with Gasteiger partial charge in [-0.15, -0.1) is 10.2 Å². The van der Waals surface area contributed by atoms with Gasteiger partial charge in [-0.3, -0.25) is 10.2 Å². The zero-order valence-corrected chi connectivity index (χ0v) is 14.2. The van der Waals surface area contributed by atoms with Crippen LogP contribution < -0.4 is 10.6 Å². The fourth-order valence-electron chi connectivity index (χ4n) is 2.75. The van der Waals surface area contributed by atoms with Gasteiger partial charge in [0.1, 0.15) is 5.01 Å². The van der Waals surface area contributed by atoms with Gasteiger partial charge < -0.3 is 5.32 Å². The fraction of sp³-hybridized carbons (Fsp3) is 0.438. The van der Waals surface area contributed by atoms with Crippen molar-refractivity contribution in [1.82, 2.24) is 20.4 Å². The minimum atomic E-state index is -0.231. The van der Waals surface area contributed by atoms with Gasteiger partial charge in [-0.25, -0.2) is 4.79 Å². The molecule has 1 aliphatic heterocycles. The highest BCUT2D eigenvalue weighted by molar-refractivity contribution is 7.15. The molecule has 0 spiro atoms. The maximum atomic E-state index is 11.9. The summed E-state index contributed by atoms with van der Waals surface area (Å²) in [5.41, 5.74) is 2.83. The maximum absolute atomic E-state index is 11.9. The number of hydrogen-bond acceptors (Lipinski definition) is 5. The first-order chi connectivity index (χ1) is 11.1. The van der Waals surface area contributed by atoms with Gasteiger partial charge in [-0.1, -0.05) is 35.6 Å². The molecule has 3 rings (SSSR count). The Kier molecular flexibility index (Phi) is 4.88. The van der Waals surface area contributed by atoms with Gasteiger partial charge in [0.2, 0.25) is 5.13 Å². The summed E-state index contributed by atoms with van der Waals surface area (Å²) < 4.78 is 0. The fourth-order valence-corrected chi connectivity index (χ4v) is 3.34. The van der Waals surface area contributed by atoms with E-state index in [0.717, 1.165) is 24.5 Å². The predicted octanol–water partition coefficient (Wildman–Crippen LogP) is 2.41. The molecule has 0 fully saturated rings. The lowest BCUT2D eigenvalue weighted by Crippen LogP contribution is -2.45. The van der Waals surface area contributed by atoms with Gasteiger partial charge in [0.15, 0.2) is 0 Å². The average Bonchev–Trinajstić information content (AvgIpc) is 2.97. The number of fused-ring (bicyclic) bond motifs is 1. The number of aryl methyl sites for hydroxylation is 1. The van der Waals surface area contributed by atoms with E-state index < -0.39 is 0 Å². The van der Waals surface area contributed by atoms with Crippen LogP contribution in [0.1, 0.15) is 23.1 Å². The Labute approximate surface area is 139 Å². The molecule has 23 heavy (non-hydrogen) atoms. The van der Waals surface area contributed by atoms with Gasteiger partial charge in [-0.05, 0) is 31.4 Å². The lowest BCUT2D eigenvalue weighted by molar-refractivity contribution is 0.186. The van der Waals surface area contributed by atoms with Crippen LogP contribution in [0.3, 0.4) is 0 Å². The molecule has 0 saturated heterocycles. The summed E-state index contributed by atoms with van der Waals surface area (Å²) in [4.78, 5) is 14.3. The van der Waals surface area contributed by atoms with E-state index >= 15 is 0 Å². The Hall–Kier alpha value is -1.99. The summed E-state index contributed by atoms with van der Waals surface area (Å²) in [6.07, 6.45) is 1.07. The SMILES string of the molecule is Cc1nnc(NC(=O)NC[C@@H](C)N2CCc3ccccc3C2)s1. The average molecular weight is 331 g/mol. The number of urea groups is 1. The number of carbonyl (C=O) groups is 1. The molecule has 0 bridgehead atoms. The molecule has 0 unspecified atom stereocenters. The van der Waals surface area contributed by atoms with Crippen LogP contribution in [0.25, 0.3) is 0 Å². The van der Waals surface area contributed by atoms with Crippen molar-refractivity contribution in [1.29, 1.82) is 0 Å². The molecule has 2 N–H and O–H groups in total. The number of nitrogens with zero attached hydrogens (tertiary/aromatic N) is 3. The molecule has 2 aromatic rings. The summed E-state index contributed by atoms with van der Waals surface area (Å²) in [6.45, 7) is 6.57. The van der Waals surface area contributed by atoms with Gasteiger partial charge in [0.05, 0.1) is 0 Å². The summed E-state index contributed by atoms with van der Waals surface area (Å²) in [5, 5.41) is 14.7. The number of benzene rings is 1. The van der Waals surface area contributed by atoms with Crippen molar-refractivity contribution >= 4 is 22.5 Å². The van der Waals surface area contributed by atoms with Crippen molar-refractivity contribution < 1.29 is 4.79 Å². The van der Waals surface area contributed by atoms with Crippen molar-refractivity contribution in [3.05, 3.63) is 40.4 Å². The molecule has 1 aromatic carbocycles. The van der Waals surface area contributed by atoms with Crippen LogP contribution in [0, 0.1) is 6.92 Å². The Bertz CT molecular complexity index is 687. The highest BCUT2D eigenvalue weighted by Crippen LogP contribution is 2.20. The van der Waals surface area contributed by atoms with Crippen molar-refractivity contribution in [2.75, 3.05) is 18.4 Å². The lowest BCUT2D eigenvalue weighted by Gasteiger charge is -2.33. The van der Waals surface area contributed by atoms with Crippen LogP contribution in [0.15, 0.2) is 24.3 Å². The quantitative estimate of drug-likeness (QED) is 0.903. The molecule has 1 atom stereocenters. The third-order valence-corrected chi connectivity index (χ3v) is 4.84. The zero-order valence-electron chi connectivity index (χ0n) is 13.4. The second-order valence-corrected chi connectivity index (χ2v) is 6.98. The van der Waals surface area contributed by atoms with E-state index in [0.29, 0.717) is 11.7 Å². The Morgan fingerprint density at radius 1 is 1.35 bits per heavy atom. The van der Waals surface area contributed by atoms with Gasteiger partial charge >= 0.3 is 6.03 Å². The van der Waals surface area contributed by atoms with Gasteiger partial charge in [-0.2, -0.15) is 0 Å². The monoisotopic (exact) mass is 331 g/mol. The Balaban J connectivity index is 1.48. The Morgan fingerprint density at radius 2 is 2.13 bits per heavy atom. The molecule has 2 amide bonds. The van der Waals surface area contributed by atoms with Gasteiger partial charge in [0, 0.05) is 25.7 Å². The van der Waals surface area contributed by atoms with Crippen molar-refractivity contribution in [2.45, 2.75) is 32.9 Å². The molecule has 6 nitrogen and oxygen atoms in total.